The Balaban J connectivity index is 1.47. The van der Waals surface area contributed by atoms with Crippen LogP contribution in [-0.2, 0) is 19.4 Å². The van der Waals surface area contributed by atoms with Crippen LogP contribution in [-0.4, -0.2) is 20.7 Å². The van der Waals surface area contributed by atoms with Crippen molar-refractivity contribution >= 4 is 17.3 Å². The van der Waals surface area contributed by atoms with Crippen molar-refractivity contribution in [1.82, 2.24) is 14.7 Å². The molecule has 0 saturated heterocycles. The molecule has 0 bridgehead atoms. The molecule has 2 unspecified atom stereocenters. The number of hydrogen-bond acceptors (Lipinski definition) is 2. The summed E-state index contributed by atoms with van der Waals surface area (Å²) in [4.78, 5) is 6.00. The van der Waals surface area contributed by atoms with E-state index in [0.29, 0.717) is 28.9 Å². The van der Waals surface area contributed by atoms with Crippen LogP contribution in [0.1, 0.15) is 47.5 Å². The van der Waals surface area contributed by atoms with Gasteiger partial charge in [-0.2, -0.15) is 5.10 Å². The number of para-hydroxylation sites is 1. The molecule has 0 radical (unpaired) electrons. The molecule has 30 heavy (non-hydrogen) atoms. The number of halogens is 2. The van der Waals surface area contributed by atoms with Crippen molar-refractivity contribution in [1.29, 1.82) is 0 Å². The monoisotopic (exact) mass is 420 g/mol. The zero-order chi connectivity index (χ0) is 21.0. The smallest absolute Gasteiger partial charge is 0.192 e. The summed E-state index contributed by atoms with van der Waals surface area (Å²) in [6.45, 7) is 12.2. The van der Waals surface area contributed by atoms with Crippen LogP contribution in [0.4, 0.5) is 10.1 Å². The number of fused-ring (bicyclic) bond motifs is 2. The summed E-state index contributed by atoms with van der Waals surface area (Å²) in [5, 5.41) is 5.54. The molecule has 3 aromatic rings. The second-order valence-electron chi connectivity index (χ2n) is 8.19. The lowest BCUT2D eigenvalue weighted by molar-refractivity contribution is 0.141. The Kier molecular flexibility index (Phi) is 4.65. The first-order valence-corrected chi connectivity index (χ1v) is 10.6. The lowest BCUT2D eigenvalue weighted by atomic mass is 9.90. The maximum absolute atomic E-state index is 14.5. The van der Waals surface area contributed by atoms with Gasteiger partial charge in [-0.1, -0.05) is 29.8 Å². The van der Waals surface area contributed by atoms with E-state index in [0.717, 1.165) is 41.9 Å². The van der Waals surface area contributed by atoms with Gasteiger partial charge in [-0.15, -0.1) is 0 Å². The highest BCUT2D eigenvalue weighted by Gasteiger charge is 2.38. The lowest BCUT2D eigenvalue weighted by Crippen LogP contribution is -2.37. The van der Waals surface area contributed by atoms with Crippen molar-refractivity contribution in [3.63, 3.8) is 0 Å². The third-order valence-electron chi connectivity index (χ3n) is 6.68. The first-order chi connectivity index (χ1) is 14.5. The van der Waals surface area contributed by atoms with Crippen LogP contribution in [0, 0.1) is 19.3 Å². The zero-order valence-electron chi connectivity index (χ0n) is 17.0. The molecule has 6 heteroatoms. The van der Waals surface area contributed by atoms with E-state index in [1.54, 1.807) is 6.07 Å². The van der Waals surface area contributed by atoms with Gasteiger partial charge in [0.05, 0.1) is 23.0 Å². The summed E-state index contributed by atoms with van der Waals surface area (Å²) in [7, 11) is 0. The quantitative estimate of drug-likeness (QED) is 0.478. The van der Waals surface area contributed by atoms with E-state index in [1.165, 1.54) is 11.6 Å². The number of aryl methyl sites for hydroxylation is 1. The highest BCUT2D eigenvalue weighted by Crippen LogP contribution is 2.44. The summed E-state index contributed by atoms with van der Waals surface area (Å²) in [6.07, 6.45) is 2.73. The second kappa shape index (κ2) is 7.23. The largest absolute Gasteiger partial charge is 0.290 e. The van der Waals surface area contributed by atoms with Crippen LogP contribution >= 0.6 is 11.6 Å². The van der Waals surface area contributed by atoms with Crippen molar-refractivity contribution < 1.29 is 4.39 Å². The highest BCUT2D eigenvalue weighted by molar-refractivity contribution is 6.32. The Bertz CT molecular complexity index is 1190. The van der Waals surface area contributed by atoms with Gasteiger partial charge in [-0.25, -0.2) is 13.9 Å². The molecule has 0 amide bonds. The van der Waals surface area contributed by atoms with E-state index in [9.17, 15) is 4.39 Å². The number of rotatable bonds is 2. The molecule has 0 fully saturated rings. The molecule has 152 valence electrons. The van der Waals surface area contributed by atoms with Gasteiger partial charge in [0, 0.05) is 24.3 Å². The Morgan fingerprint density at radius 1 is 1.20 bits per heavy atom. The molecule has 2 atom stereocenters. The van der Waals surface area contributed by atoms with Gasteiger partial charge in [0.25, 0.3) is 0 Å². The van der Waals surface area contributed by atoms with E-state index in [-0.39, 0.29) is 11.9 Å². The summed E-state index contributed by atoms with van der Waals surface area (Å²) >= 11 is 6.41. The summed E-state index contributed by atoms with van der Waals surface area (Å²) in [5.41, 5.74) is 6.51. The summed E-state index contributed by atoms with van der Waals surface area (Å²) < 4.78 is 16.5. The maximum atomic E-state index is 14.5. The Morgan fingerprint density at radius 3 is 2.77 bits per heavy atom. The molecule has 5 rings (SSSR count). The van der Waals surface area contributed by atoms with Crippen LogP contribution < -0.4 is 0 Å². The highest BCUT2D eigenvalue weighted by atomic mass is 35.5. The van der Waals surface area contributed by atoms with Crippen LogP contribution in [0.15, 0.2) is 36.4 Å². The van der Waals surface area contributed by atoms with Crippen molar-refractivity contribution in [2.45, 2.75) is 51.7 Å². The number of benzene rings is 2. The fourth-order valence-corrected chi connectivity index (χ4v) is 5.34. The van der Waals surface area contributed by atoms with Gasteiger partial charge in [0.2, 0.25) is 0 Å². The van der Waals surface area contributed by atoms with Crippen molar-refractivity contribution in [2.75, 3.05) is 0 Å². The average molecular weight is 421 g/mol. The van der Waals surface area contributed by atoms with Crippen molar-refractivity contribution in [3.8, 4) is 5.69 Å². The van der Waals surface area contributed by atoms with Gasteiger partial charge in [-0.3, -0.25) is 4.90 Å². The third kappa shape index (κ3) is 2.86. The molecular weight excluding hydrogens is 399 g/mol. The van der Waals surface area contributed by atoms with E-state index < -0.39 is 0 Å². The summed E-state index contributed by atoms with van der Waals surface area (Å²) in [6, 6.07) is 11.1. The van der Waals surface area contributed by atoms with Gasteiger partial charge in [-0.05, 0) is 68.0 Å². The SMILES string of the molecule is [C-]#[N+]c1ccc(F)c2c1C(C)N(C1CCc3nn(-c4ccccc4Cl)c(C)c3C1)C2. The lowest BCUT2D eigenvalue weighted by Gasteiger charge is -2.34. The van der Waals surface area contributed by atoms with Crippen LogP contribution in [0.3, 0.4) is 0 Å². The molecule has 0 saturated carbocycles. The average Bonchev–Trinajstić information content (AvgIpc) is 3.27. The molecule has 0 spiro atoms. The van der Waals surface area contributed by atoms with Crippen molar-refractivity contribution in [2.24, 2.45) is 0 Å². The van der Waals surface area contributed by atoms with Gasteiger partial charge in [0.1, 0.15) is 5.82 Å². The molecular formula is C24H22ClFN4. The molecule has 1 aliphatic heterocycles. The Labute approximate surface area is 180 Å². The molecule has 2 aromatic carbocycles. The van der Waals surface area contributed by atoms with Gasteiger partial charge < -0.3 is 0 Å². The molecule has 1 aromatic heterocycles. The number of nitrogens with zero attached hydrogens (tertiary/aromatic N) is 4. The van der Waals surface area contributed by atoms with Crippen LogP contribution in [0.5, 0.6) is 0 Å². The zero-order valence-corrected chi connectivity index (χ0v) is 17.7. The predicted molar refractivity (Wildman–Crippen MR) is 116 cm³/mol. The molecule has 2 heterocycles. The van der Waals surface area contributed by atoms with E-state index in [2.05, 4.69) is 23.6 Å². The number of hydrogen-bond donors (Lipinski definition) is 0. The molecule has 2 aliphatic rings. The second-order valence-corrected chi connectivity index (χ2v) is 8.60. The third-order valence-corrected chi connectivity index (χ3v) is 7.00. The Morgan fingerprint density at radius 2 is 2.00 bits per heavy atom. The molecule has 4 nitrogen and oxygen atoms in total. The first kappa shape index (κ1) is 19.3. The van der Waals surface area contributed by atoms with Crippen LogP contribution in [0.2, 0.25) is 5.02 Å². The normalized spacial score (nSPS) is 20.6. The standard InChI is InChI=1S/C24H22ClFN4/c1-14-17-12-16(8-10-21(17)28-30(14)23-7-5-4-6-19(23)25)29-13-18-20(26)9-11-22(27-3)24(18)15(29)2/h4-7,9,11,15-16H,8,10,12-13H2,1-2H3. The fourth-order valence-electron chi connectivity index (χ4n) is 5.12. The number of aromatic nitrogens is 2. The van der Waals surface area contributed by atoms with E-state index in [1.807, 2.05) is 28.9 Å². The minimum absolute atomic E-state index is 0.0327. The van der Waals surface area contributed by atoms with Gasteiger partial charge in [0.15, 0.2) is 5.69 Å². The Hall–Kier alpha value is -2.68. The first-order valence-electron chi connectivity index (χ1n) is 10.3. The topological polar surface area (TPSA) is 25.4 Å². The molecule has 0 N–H and O–H groups in total. The minimum atomic E-state index is -0.203. The van der Waals surface area contributed by atoms with Crippen LogP contribution in [0.25, 0.3) is 10.5 Å². The van der Waals surface area contributed by atoms with E-state index in [4.69, 9.17) is 23.3 Å². The van der Waals surface area contributed by atoms with Gasteiger partial charge >= 0.3 is 0 Å². The predicted octanol–water partition coefficient (Wildman–Crippen LogP) is 5.96. The van der Waals surface area contributed by atoms with E-state index >= 15 is 0 Å². The van der Waals surface area contributed by atoms with Crippen molar-refractivity contribution in [3.05, 3.63) is 86.7 Å². The molecule has 1 aliphatic carbocycles. The minimum Gasteiger partial charge on any atom is -0.290 e. The fraction of sp³-hybridized carbons (Fsp3) is 0.333. The maximum Gasteiger partial charge on any atom is 0.192 e. The summed E-state index contributed by atoms with van der Waals surface area (Å²) in [5.74, 6) is -0.203.